The maximum Gasteiger partial charge on any atom is 0.501 e. The Kier molecular flexibility index (Phi) is 4.90. The maximum atomic E-state index is 12.6. The molecular weight excluding hydrogens is 301 g/mol. The highest BCUT2D eigenvalue weighted by molar-refractivity contribution is 7.92. The zero-order valence-corrected chi connectivity index (χ0v) is 12.0. The van der Waals surface area contributed by atoms with E-state index in [4.69, 9.17) is 11.6 Å². The van der Waals surface area contributed by atoms with Gasteiger partial charge in [0.15, 0.2) is 0 Å². The molecule has 0 aliphatic rings. The second kappa shape index (κ2) is 5.71. The van der Waals surface area contributed by atoms with Crippen LogP contribution in [0.1, 0.15) is 19.4 Å². The molecule has 0 radical (unpaired) electrons. The van der Waals surface area contributed by atoms with Crippen LogP contribution < -0.4 is 0 Å². The first-order chi connectivity index (χ1) is 8.57. The third-order valence-electron chi connectivity index (χ3n) is 2.71. The SMILES string of the molecule is CC(C)C(Cl)Cc1ccccc1S(=O)(=O)C(F)(F)F. The summed E-state index contributed by atoms with van der Waals surface area (Å²) in [5.74, 6) is 0.0308. The lowest BCUT2D eigenvalue weighted by Crippen LogP contribution is -2.25. The Hall–Kier alpha value is -0.750. The van der Waals surface area contributed by atoms with Crippen molar-refractivity contribution in [1.82, 2.24) is 0 Å². The fourth-order valence-electron chi connectivity index (χ4n) is 1.51. The van der Waals surface area contributed by atoms with Crippen molar-refractivity contribution in [1.29, 1.82) is 0 Å². The minimum Gasteiger partial charge on any atom is -0.214 e. The molecule has 0 amide bonds. The van der Waals surface area contributed by atoms with Gasteiger partial charge in [-0.15, -0.1) is 11.6 Å². The molecule has 1 atom stereocenters. The number of halogens is 4. The summed E-state index contributed by atoms with van der Waals surface area (Å²) in [7, 11) is -5.34. The van der Waals surface area contributed by atoms with Gasteiger partial charge in [0.2, 0.25) is 0 Å². The van der Waals surface area contributed by atoms with Crippen molar-refractivity contribution in [2.45, 2.75) is 36.0 Å². The van der Waals surface area contributed by atoms with Crippen LogP contribution in [0.15, 0.2) is 29.2 Å². The van der Waals surface area contributed by atoms with Crippen molar-refractivity contribution in [2.75, 3.05) is 0 Å². The van der Waals surface area contributed by atoms with E-state index in [1.165, 1.54) is 18.2 Å². The molecule has 19 heavy (non-hydrogen) atoms. The fourth-order valence-corrected chi connectivity index (χ4v) is 2.67. The van der Waals surface area contributed by atoms with E-state index >= 15 is 0 Å². The number of sulfone groups is 1. The van der Waals surface area contributed by atoms with Gasteiger partial charge in [0.25, 0.3) is 9.84 Å². The molecule has 0 bridgehead atoms. The quantitative estimate of drug-likeness (QED) is 0.792. The molecule has 1 rings (SSSR count). The first-order valence-corrected chi connectivity index (χ1v) is 7.52. The predicted molar refractivity (Wildman–Crippen MR) is 67.9 cm³/mol. The summed E-state index contributed by atoms with van der Waals surface area (Å²) in [6, 6.07) is 5.08. The van der Waals surface area contributed by atoms with Crippen LogP contribution >= 0.6 is 11.6 Å². The van der Waals surface area contributed by atoms with Crippen molar-refractivity contribution >= 4 is 21.4 Å². The molecule has 0 N–H and O–H groups in total. The molecule has 0 aliphatic heterocycles. The zero-order chi connectivity index (χ0) is 14.8. The Morgan fingerprint density at radius 2 is 1.74 bits per heavy atom. The van der Waals surface area contributed by atoms with Gasteiger partial charge in [-0.25, -0.2) is 8.42 Å². The number of alkyl halides is 4. The lowest BCUT2D eigenvalue weighted by molar-refractivity contribution is -0.0436. The van der Waals surface area contributed by atoms with Gasteiger partial charge in [0.1, 0.15) is 0 Å². The van der Waals surface area contributed by atoms with Crippen LogP contribution in [-0.2, 0) is 16.3 Å². The lowest BCUT2D eigenvalue weighted by atomic mass is 10.0. The van der Waals surface area contributed by atoms with Gasteiger partial charge in [-0.3, -0.25) is 0 Å². The van der Waals surface area contributed by atoms with Crippen LogP contribution in [0.25, 0.3) is 0 Å². The van der Waals surface area contributed by atoms with E-state index in [-0.39, 0.29) is 17.9 Å². The summed E-state index contributed by atoms with van der Waals surface area (Å²) in [6.07, 6.45) is 0.0741. The molecule has 0 heterocycles. The van der Waals surface area contributed by atoms with E-state index in [2.05, 4.69) is 0 Å². The second-order valence-electron chi connectivity index (χ2n) is 4.52. The summed E-state index contributed by atoms with van der Waals surface area (Å²) < 4.78 is 60.6. The number of hydrogen-bond acceptors (Lipinski definition) is 2. The highest BCUT2D eigenvalue weighted by Crippen LogP contribution is 2.33. The minimum atomic E-state index is -5.34. The Balaban J connectivity index is 3.25. The van der Waals surface area contributed by atoms with Crippen LogP contribution in [0.2, 0.25) is 0 Å². The van der Waals surface area contributed by atoms with Gasteiger partial charge in [-0.05, 0) is 24.0 Å². The first-order valence-electron chi connectivity index (χ1n) is 5.60. The van der Waals surface area contributed by atoms with Crippen molar-refractivity contribution in [3.8, 4) is 0 Å². The van der Waals surface area contributed by atoms with Gasteiger partial charge in [-0.2, -0.15) is 13.2 Å². The summed E-state index contributed by atoms with van der Waals surface area (Å²) >= 11 is 6.01. The molecular formula is C12H14ClF3O2S. The molecule has 0 spiro atoms. The lowest BCUT2D eigenvalue weighted by Gasteiger charge is -2.17. The van der Waals surface area contributed by atoms with Gasteiger partial charge in [0, 0.05) is 5.38 Å². The molecule has 0 aliphatic carbocycles. The van der Waals surface area contributed by atoms with Gasteiger partial charge in [-0.1, -0.05) is 32.0 Å². The van der Waals surface area contributed by atoms with Crippen LogP contribution in [-0.4, -0.2) is 19.3 Å². The fraction of sp³-hybridized carbons (Fsp3) is 0.500. The summed E-state index contributed by atoms with van der Waals surface area (Å²) in [5, 5.41) is -0.426. The number of rotatable bonds is 4. The van der Waals surface area contributed by atoms with E-state index in [0.717, 1.165) is 6.07 Å². The van der Waals surface area contributed by atoms with Crippen LogP contribution in [0.4, 0.5) is 13.2 Å². The summed E-state index contributed by atoms with van der Waals surface area (Å²) in [6.45, 7) is 3.64. The van der Waals surface area contributed by atoms with Crippen LogP contribution in [0, 0.1) is 5.92 Å². The predicted octanol–water partition coefficient (Wildman–Crippen LogP) is 3.79. The molecule has 1 aromatic rings. The number of benzene rings is 1. The van der Waals surface area contributed by atoms with E-state index in [1.807, 2.05) is 13.8 Å². The topological polar surface area (TPSA) is 34.1 Å². The second-order valence-corrected chi connectivity index (χ2v) is 6.99. The normalized spacial score (nSPS) is 14.7. The highest BCUT2D eigenvalue weighted by atomic mass is 35.5. The Morgan fingerprint density at radius 3 is 2.21 bits per heavy atom. The van der Waals surface area contributed by atoms with Crippen LogP contribution in [0.3, 0.4) is 0 Å². The van der Waals surface area contributed by atoms with E-state index in [1.54, 1.807) is 0 Å². The van der Waals surface area contributed by atoms with E-state index in [9.17, 15) is 21.6 Å². The highest BCUT2D eigenvalue weighted by Gasteiger charge is 2.47. The molecule has 7 heteroatoms. The van der Waals surface area contributed by atoms with Gasteiger partial charge >= 0.3 is 5.51 Å². The van der Waals surface area contributed by atoms with Crippen molar-refractivity contribution in [2.24, 2.45) is 5.92 Å². The van der Waals surface area contributed by atoms with E-state index in [0.29, 0.717) is 0 Å². The summed E-state index contributed by atoms with van der Waals surface area (Å²) in [5.41, 5.74) is -5.21. The molecule has 2 nitrogen and oxygen atoms in total. The Labute approximate surface area is 115 Å². The smallest absolute Gasteiger partial charge is 0.214 e. The van der Waals surface area contributed by atoms with Crippen molar-refractivity contribution in [3.05, 3.63) is 29.8 Å². The third kappa shape index (κ3) is 3.63. The summed E-state index contributed by atoms with van der Waals surface area (Å²) in [4.78, 5) is -0.714. The number of hydrogen-bond donors (Lipinski definition) is 0. The first kappa shape index (κ1) is 16.3. The molecule has 108 valence electrons. The van der Waals surface area contributed by atoms with Gasteiger partial charge in [0.05, 0.1) is 4.90 Å². The standard InChI is InChI=1S/C12H14ClF3O2S/c1-8(2)10(13)7-9-5-3-4-6-11(9)19(17,18)12(14,15)16/h3-6,8,10H,7H2,1-2H3. The average Bonchev–Trinajstić information content (AvgIpc) is 2.27. The molecule has 0 saturated heterocycles. The Morgan fingerprint density at radius 1 is 1.21 bits per heavy atom. The average molecular weight is 315 g/mol. The zero-order valence-electron chi connectivity index (χ0n) is 10.4. The molecule has 0 aromatic heterocycles. The molecule has 0 saturated carbocycles. The molecule has 1 unspecified atom stereocenters. The van der Waals surface area contributed by atoms with Crippen molar-refractivity contribution in [3.63, 3.8) is 0 Å². The molecule has 1 aromatic carbocycles. The maximum absolute atomic E-state index is 12.6. The van der Waals surface area contributed by atoms with Crippen molar-refractivity contribution < 1.29 is 21.6 Å². The Bertz CT molecular complexity index is 538. The largest absolute Gasteiger partial charge is 0.501 e. The monoisotopic (exact) mass is 314 g/mol. The third-order valence-corrected chi connectivity index (χ3v) is 4.95. The molecule has 0 fully saturated rings. The van der Waals surface area contributed by atoms with E-state index < -0.39 is 25.6 Å². The van der Waals surface area contributed by atoms with Gasteiger partial charge < -0.3 is 0 Å². The van der Waals surface area contributed by atoms with Crippen LogP contribution in [0.5, 0.6) is 0 Å². The minimum absolute atomic E-state index is 0.0308.